The summed E-state index contributed by atoms with van der Waals surface area (Å²) in [6.07, 6.45) is -5.10. The van der Waals surface area contributed by atoms with Crippen LogP contribution < -0.4 is 20.1 Å². The van der Waals surface area contributed by atoms with Crippen molar-refractivity contribution in [2.75, 3.05) is 27.8 Å². The molecule has 0 radical (unpaired) electrons. The Kier molecular flexibility index (Phi) is 9.77. The number of methoxy groups -OCH3 is 2. The van der Waals surface area contributed by atoms with Crippen LogP contribution in [0.25, 0.3) is 0 Å². The first-order valence-corrected chi connectivity index (χ1v) is 6.61. The van der Waals surface area contributed by atoms with E-state index in [1.807, 2.05) is 6.07 Å². The number of alkyl halides is 3. The molecule has 0 unspecified atom stereocenters. The SMILES string of the molecule is CN=C(NCCC(F)(F)F)NCc1ccc(OC)c(OC)c1.I. The molecule has 0 amide bonds. The number of rotatable bonds is 6. The second kappa shape index (κ2) is 10.4. The van der Waals surface area contributed by atoms with E-state index in [4.69, 9.17) is 9.47 Å². The fraction of sp³-hybridized carbons (Fsp3) is 0.500. The maximum atomic E-state index is 12.1. The third-order valence-electron chi connectivity index (χ3n) is 2.83. The van der Waals surface area contributed by atoms with Crippen LogP contribution in [0.5, 0.6) is 11.5 Å². The highest BCUT2D eigenvalue weighted by atomic mass is 127. The minimum Gasteiger partial charge on any atom is -0.493 e. The van der Waals surface area contributed by atoms with Crippen LogP contribution in [0.4, 0.5) is 13.2 Å². The number of benzene rings is 1. The Hall–Kier alpha value is -1.39. The first-order valence-electron chi connectivity index (χ1n) is 6.61. The summed E-state index contributed by atoms with van der Waals surface area (Å²) in [4.78, 5) is 3.87. The highest BCUT2D eigenvalue weighted by molar-refractivity contribution is 14.0. The van der Waals surface area contributed by atoms with Gasteiger partial charge in [0.15, 0.2) is 17.5 Å². The molecule has 0 aliphatic heterocycles. The summed E-state index contributed by atoms with van der Waals surface area (Å²) in [5.41, 5.74) is 0.886. The topological polar surface area (TPSA) is 54.9 Å². The van der Waals surface area contributed by atoms with Gasteiger partial charge in [0.1, 0.15) is 0 Å². The first kappa shape index (κ1) is 21.6. The molecule has 1 aromatic carbocycles. The Morgan fingerprint density at radius 3 is 2.30 bits per heavy atom. The number of nitrogens with zero attached hydrogens (tertiary/aromatic N) is 1. The van der Waals surface area contributed by atoms with Gasteiger partial charge in [0.2, 0.25) is 0 Å². The van der Waals surface area contributed by atoms with Gasteiger partial charge < -0.3 is 20.1 Å². The van der Waals surface area contributed by atoms with Crippen LogP contribution in [-0.4, -0.2) is 39.9 Å². The van der Waals surface area contributed by atoms with Gasteiger partial charge in [-0.3, -0.25) is 4.99 Å². The molecule has 132 valence electrons. The molecule has 0 saturated heterocycles. The predicted molar refractivity (Wildman–Crippen MR) is 93.8 cm³/mol. The van der Waals surface area contributed by atoms with Crippen molar-refractivity contribution in [3.8, 4) is 11.5 Å². The Morgan fingerprint density at radius 1 is 1.13 bits per heavy atom. The van der Waals surface area contributed by atoms with Crippen molar-refractivity contribution in [1.82, 2.24) is 10.6 Å². The zero-order chi connectivity index (χ0) is 16.6. The lowest BCUT2D eigenvalue weighted by atomic mass is 10.2. The van der Waals surface area contributed by atoms with E-state index in [2.05, 4.69) is 15.6 Å². The number of guanidine groups is 1. The summed E-state index contributed by atoms with van der Waals surface area (Å²) in [6, 6.07) is 5.38. The smallest absolute Gasteiger partial charge is 0.390 e. The van der Waals surface area contributed by atoms with E-state index < -0.39 is 12.6 Å². The fourth-order valence-electron chi connectivity index (χ4n) is 1.72. The van der Waals surface area contributed by atoms with Gasteiger partial charge >= 0.3 is 6.18 Å². The summed E-state index contributed by atoms with van der Waals surface area (Å²) < 4.78 is 46.6. The molecule has 9 heteroatoms. The minimum absolute atomic E-state index is 0. The normalized spacial score (nSPS) is 11.5. The highest BCUT2D eigenvalue weighted by Crippen LogP contribution is 2.27. The fourth-order valence-corrected chi connectivity index (χ4v) is 1.72. The first-order chi connectivity index (χ1) is 10.4. The average molecular weight is 447 g/mol. The van der Waals surface area contributed by atoms with E-state index >= 15 is 0 Å². The van der Waals surface area contributed by atoms with Crippen LogP contribution in [-0.2, 0) is 6.54 Å². The summed E-state index contributed by atoms with van der Waals surface area (Å²) >= 11 is 0. The van der Waals surface area contributed by atoms with Crippen molar-refractivity contribution in [3.05, 3.63) is 23.8 Å². The molecule has 0 spiro atoms. The number of hydrogen-bond donors (Lipinski definition) is 2. The summed E-state index contributed by atoms with van der Waals surface area (Å²) in [7, 11) is 4.58. The number of ether oxygens (including phenoxy) is 2. The molecule has 1 rings (SSSR count). The molecule has 0 aliphatic carbocycles. The Balaban J connectivity index is 0.00000484. The van der Waals surface area contributed by atoms with Crippen LogP contribution in [0.2, 0.25) is 0 Å². The van der Waals surface area contributed by atoms with Crippen molar-refractivity contribution in [1.29, 1.82) is 0 Å². The monoisotopic (exact) mass is 447 g/mol. The molecule has 2 N–H and O–H groups in total. The number of hydrogen-bond acceptors (Lipinski definition) is 3. The van der Waals surface area contributed by atoms with E-state index in [9.17, 15) is 13.2 Å². The van der Waals surface area contributed by atoms with Crippen LogP contribution >= 0.6 is 24.0 Å². The van der Waals surface area contributed by atoms with Crippen molar-refractivity contribution in [2.24, 2.45) is 4.99 Å². The molecule has 0 saturated carbocycles. The zero-order valence-corrected chi connectivity index (χ0v) is 15.5. The maximum absolute atomic E-state index is 12.1. The maximum Gasteiger partial charge on any atom is 0.390 e. The van der Waals surface area contributed by atoms with Crippen molar-refractivity contribution >= 4 is 29.9 Å². The third kappa shape index (κ3) is 8.14. The van der Waals surface area contributed by atoms with Gasteiger partial charge in [0.05, 0.1) is 20.6 Å². The molecule has 0 aromatic heterocycles. The van der Waals surface area contributed by atoms with Crippen molar-refractivity contribution < 1.29 is 22.6 Å². The molecule has 0 heterocycles. The van der Waals surface area contributed by atoms with Gasteiger partial charge in [-0.25, -0.2) is 0 Å². The van der Waals surface area contributed by atoms with Crippen LogP contribution in [0.3, 0.4) is 0 Å². The predicted octanol–water partition coefficient (Wildman–Crippen LogP) is 2.94. The molecule has 0 bridgehead atoms. The zero-order valence-electron chi connectivity index (χ0n) is 13.2. The molecule has 1 aromatic rings. The molecular weight excluding hydrogens is 426 g/mol. The van der Waals surface area contributed by atoms with E-state index in [1.165, 1.54) is 14.2 Å². The lowest BCUT2D eigenvalue weighted by molar-refractivity contribution is -0.132. The van der Waals surface area contributed by atoms with Gasteiger partial charge in [0, 0.05) is 20.1 Å². The summed E-state index contributed by atoms with van der Waals surface area (Å²) in [6.45, 7) is 0.168. The Morgan fingerprint density at radius 2 is 1.78 bits per heavy atom. The lowest BCUT2D eigenvalue weighted by Gasteiger charge is -2.14. The van der Waals surface area contributed by atoms with Gasteiger partial charge in [-0.05, 0) is 17.7 Å². The molecule has 0 atom stereocenters. The summed E-state index contributed by atoms with van der Waals surface area (Å²) in [5.74, 6) is 1.50. The molecule has 0 aliphatic rings. The molecule has 0 fully saturated rings. The van der Waals surface area contributed by atoms with E-state index in [-0.39, 0.29) is 30.5 Å². The van der Waals surface area contributed by atoms with Crippen LogP contribution in [0.1, 0.15) is 12.0 Å². The Labute approximate surface area is 150 Å². The van der Waals surface area contributed by atoms with Crippen LogP contribution in [0.15, 0.2) is 23.2 Å². The largest absolute Gasteiger partial charge is 0.493 e. The minimum atomic E-state index is -4.19. The standard InChI is InChI=1S/C14H20F3N3O2.HI/c1-18-13(19-7-6-14(15,16)17)20-9-10-4-5-11(21-2)12(8-10)22-3;/h4-5,8H,6-7,9H2,1-3H3,(H2,18,19,20);1H. The van der Waals surface area contributed by atoms with Gasteiger partial charge in [-0.1, -0.05) is 6.07 Å². The highest BCUT2D eigenvalue weighted by Gasteiger charge is 2.26. The number of nitrogens with one attached hydrogen (secondary N) is 2. The van der Waals surface area contributed by atoms with Crippen LogP contribution in [0, 0.1) is 0 Å². The van der Waals surface area contributed by atoms with Gasteiger partial charge in [-0.15, -0.1) is 24.0 Å². The second-order valence-electron chi connectivity index (χ2n) is 4.41. The van der Waals surface area contributed by atoms with E-state index in [0.717, 1.165) is 5.56 Å². The van der Waals surface area contributed by atoms with Gasteiger partial charge in [-0.2, -0.15) is 13.2 Å². The summed E-state index contributed by atoms with van der Waals surface area (Å²) in [5, 5.41) is 5.55. The third-order valence-corrected chi connectivity index (χ3v) is 2.83. The molecule has 23 heavy (non-hydrogen) atoms. The van der Waals surface area contributed by atoms with Crippen molar-refractivity contribution in [2.45, 2.75) is 19.1 Å². The Bertz CT molecular complexity index is 511. The molecular formula is C14H21F3IN3O2. The van der Waals surface area contributed by atoms with E-state index in [0.29, 0.717) is 24.0 Å². The van der Waals surface area contributed by atoms with Gasteiger partial charge in [0.25, 0.3) is 0 Å². The van der Waals surface area contributed by atoms with Crippen molar-refractivity contribution in [3.63, 3.8) is 0 Å². The second-order valence-corrected chi connectivity index (χ2v) is 4.41. The molecule has 5 nitrogen and oxygen atoms in total. The quantitative estimate of drug-likeness (QED) is 0.400. The lowest BCUT2D eigenvalue weighted by Crippen LogP contribution is -2.38. The number of halogens is 4. The average Bonchev–Trinajstić information content (AvgIpc) is 2.49. The number of aliphatic imine (C=N–C) groups is 1. The van der Waals surface area contributed by atoms with E-state index in [1.54, 1.807) is 19.2 Å².